The Hall–Kier alpha value is -0.710. The van der Waals surface area contributed by atoms with Crippen molar-refractivity contribution in [2.75, 3.05) is 4.90 Å². The van der Waals surface area contributed by atoms with Crippen molar-refractivity contribution in [1.82, 2.24) is 0 Å². The molecule has 0 aliphatic rings. The van der Waals surface area contributed by atoms with E-state index in [4.69, 9.17) is 64.4 Å². The SMILES string of the molecule is NC(=S)N(c1c(Cl)cccc1Cl)c1c(Cl)cccc1Cl. The van der Waals surface area contributed by atoms with Crippen LogP contribution in [0.15, 0.2) is 36.4 Å². The number of benzene rings is 2. The molecule has 0 fully saturated rings. The summed E-state index contributed by atoms with van der Waals surface area (Å²) in [5, 5.41) is 1.60. The van der Waals surface area contributed by atoms with Crippen LogP contribution in [0.25, 0.3) is 0 Å². The molecule has 20 heavy (non-hydrogen) atoms. The molecule has 0 saturated heterocycles. The van der Waals surface area contributed by atoms with Gasteiger partial charge in [0.05, 0.1) is 31.5 Å². The van der Waals surface area contributed by atoms with Gasteiger partial charge in [-0.15, -0.1) is 0 Å². The van der Waals surface area contributed by atoms with Gasteiger partial charge in [-0.1, -0.05) is 58.5 Å². The molecule has 2 aromatic rings. The maximum atomic E-state index is 6.20. The van der Waals surface area contributed by atoms with E-state index in [1.165, 1.54) is 4.90 Å². The lowest BCUT2D eigenvalue weighted by Crippen LogP contribution is -2.32. The van der Waals surface area contributed by atoms with E-state index in [0.29, 0.717) is 31.5 Å². The Balaban J connectivity index is 2.73. The minimum atomic E-state index is 0.0370. The fourth-order valence-corrected chi connectivity index (χ4v) is 3.05. The summed E-state index contributed by atoms with van der Waals surface area (Å²) in [6, 6.07) is 10.2. The van der Waals surface area contributed by atoms with Gasteiger partial charge in [-0.25, -0.2) is 0 Å². The summed E-state index contributed by atoms with van der Waals surface area (Å²) in [6.07, 6.45) is 0. The Bertz CT molecular complexity index is 583. The van der Waals surface area contributed by atoms with Crippen LogP contribution in [0, 0.1) is 0 Å². The van der Waals surface area contributed by atoms with Crippen molar-refractivity contribution in [2.24, 2.45) is 5.73 Å². The number of rotatable bonds is 2. The molecule has 7 heteroatoms. The average molecular weight is 366 g/mol. The molecule has 0 saturated carbocycles. The highest BCUT2D eigenvalue weighted by molar-refractivity contribution is 7.80. The Kier molecular flexibility index (Phi) is 4.99. The quantitative estimate of drug-likeness (QED) is 0.694. The third kappa shape index (κ3) is 2.97. The molecule has 0 aromatic heterocycles. The molecule has 0 bridgehead atoms. The number of hydrogen-bond donors (Lipinski definition) is 1. The molecule has 2 nitrogen and oxygen atoms in total. The largest absolute Gasteiger partial charge is 0.376 e. The van der Waals surface area contributed by atoms with Gasteiger partial charge in [0.1, 0.15) is 0 Å². The number of anilines is 2. The molecule has 0 radical (unpaired) electrons. The monoisotopic (exact) mass is 364 g/mol. The van der Waals surface area contributed by atoms with Crippen LogP contribution in [0.5, 0.6) is 0 Å². The first kappa shape index (κ1) is 15.7. The molecule has 0 aliphatic heterocycles. The van der Waals surface area contributed by atoms with E-state index >= 15 is 0 Å². The number of halogens is 4. The van der Waals surface area contributed by atoms with Gasteiger partial charge in [-0.05, 0) is 36.5 Å². The van der Waals surface area contributed by atoms with E-state index < -0.39 is 0 Å². The zero-order valence-electron chi connectivity index (χ0n) is 9.91. The fraction of sp³-hybridized carbons (Fsp3) is 0. The molecule has 2 aromatic carbocycles. The normalized spacial score (nSPS) is 10.4. The molecule has 0 heterocycles. The first-order valence-electron chi connectivity index (χ1n) is 5.41. The number of hydrogen-bond acceptors (Lipinski definition) is 1. The van der Waals surface area contributed by atoms with Crippen LogP contribution >= 0.6 is 58.6 Å². The molecule has 2 rings (SSSR count). The Labute approximate surface area is 142 Å². The summed E-state index contributed by atoms with van der Waals surface area (Å²) in [7, 11) is 0. The van der Waals surface area contributed by atoms with Crippen molar-refractivity contribution in [3.63, 3.8) is 0 Å². The zero-order chi connectivity index (χ0) is 14.9. The molecule has 0 spiro atoms. The van der Waals surface area contributed by atoms with E-state index in [2.05, 4.69) is 0 Å². The van der Waals surface area contributed by atoms with Crippen molar-refractivity contribution in [3.8, 4) is 0 Å². The van der Waals surface area contributed by atoms with Gasteiger partial charge in [0.25, 0.3) is 0 Å². The molecule has 0 aliphatic carbocycles. The minimum Gasteiger partial charge on any atom is -0.376 e. The molecule has 104 valence electrons. The van der Waals surface area contributed by atoms with Crippen molar-refractivity contribution in [3.05, 3.63) is 56.5 Å². The lowest BCUT2D eigenvalue weighted by molar-refractivity contribution is 1.34. The molecular weight excluding hydrogens is 358 g/mol. The lowest BCUT2D eigenvalue weighted by Gasteiger charge is -2.26. The maximum absolute atomic E-state index is 6.20. The Morgan fingerprint density at radius 2 is 1.10 bits per heavy atom. The van der Waals surface area contributed by atoms with Crippen molar-refractivity contribution in [1.29, 1.82) is 0 Å². The average Bonchev–Trinajstić information content (AvgIpc) is 2.35. The standard InChI is InChI=1S/C13H8Cl4N2S/c14-7-3-1-4-8(15)11(7)19(13(18)20)12-9(16)5-2-6-10(12)17/h1-6H,(H2,18,20). The third-order valence-electron chi connectivity index (χ3n) is 2.54. The Morgan fingerprint density at radius 3 is 1.35 bits per heavy atom. The molecule has 0 unspecified atom stereocenters. The van der Waals surface area contributed by atoms with E-state index in [-0.39, 0.29) is 5.11 Å². The fourth-order valence-electron chi connectivity index (χ4n) is 1.74. The first-order valence-corrected chi connectivity index (χ1v) is 7.33. The number of thiocarbonyl (C=S) groups is 1. The molecule has 0 amide bonds. The Morgan fingerprint density at radius 1 is 0.800 bits per heavy atom. The van der Waals surface area contributed by atoms with Gasteiger partial charge in [0, 0.05) is 0 Å². The van der Waals surface area contributed by atoms with Gasteiger partial charge in [0.15, 0.2) is 5.11 Å². The minimum absolute atomic E-state index is 0.0370. The lowest BCUT2D eigenvalue weighted by atomic mass is 10.2. The number of nitrogens with two attached hydrogens (primary N) is 1. The predicted octanol–water partition coefficient (Wildman–Crippen LogP) is 5.68. The van der Waals surface area contributed by atoms with Crippen LogP contribution in [0.2, 0.25) is 20.1 Å². The second kappa shape index (κ2) is 6.37. The van der Waals surface area contributed by atoms with Crippen LogP contribution in [-0.4, -0.2) is 5.11 Å². The predicted molar refractivity (Wildman–Crippen MR) is 91.8 cm³/mol. The van der Waals surface area contributed by atoms with Crippen LogP contribution in [0.4, 0.5) is 11.4 Å². The first-order chi connectivity index (χ1) is 9.43. The second-order valence-corrected chi connectivity index (χ2v) is 5.86. The van der Waals surface area contributed by atoms with E-state index in [1.54, 1.807) is 36.4 Å². The highest BCUT2D eigenvalue weighted by Crippen LogP contribution is 2.43. The van der Waals surface area contributed by atoms with Gasteiger partial charge >= 0.3 is 0 Å². The zero-order valence-corrected chi connectivity index (χ0v) is 13.7. The summed E-state index contributed by atoms with van der Waals surface area (Å²) in [5.74, 6) is 0. The summed E-state index contributed by atoms with van der Waals surface area (Å²) in [4.78, 5) is 1.46. The number of nitrogens with zero attached hydrogens (tertiary/aromatic N) is 1. The van der Waals surface area contributed by atoms with Gasteiger partial charge in [-0.3, -0.25) is 4.90 Å². The molecule has 0 atom stereocenters. The summed E-state index contributed by atoms with van der Waals surface area (Å²) in [6.45, 7) is 0. The highest BCUT2D eigenvalue weighted by Gasteiger charge is 2.23. The van der Waals surface area contributed by atoms with Crippen LogP contribution in [0.1, 0.15) is 0 Å². The highest BCUT2D eigenvalue weighted by atomic mass is 35.5. The van der Waals surface area contributed by atoms with E-state index in [0.717, 1.165) is 0 Å². The van der Waals surface area contributed by atoms with E-state index in [9.17, 15) is 0 Å². The number of para-hydroxylation sites is 2. The van der Waals surface area contributed by atoms with Crippen LogP contribution in [0.3, 0.4) is 0 Å². The summed E-state index contributed by atoms with van der Waals surface area (Å²) >= 11 is 29.9. The smallest absolute Gasteiger partial charge is 0.175 e. The second-order valence-electron chi connectivity index (χ2n) is 3.81. The molecular formula is C13H8Cl4N2S. The third-order valence-corrected chi connectivity index (χ3v) is 3.95. The van der Waals surface area contributed by atoms with Gasteiger partial charge in [-0.2, -0.15) is 0 Å². The van der Waals surface area contributed by atoms with Crippen molar-refractivity contribution >= 4 is 75.1 Å². The van der Waals surface area contributed by atoms with E-state index in [1.807, 2.05) is 0 Å². The van der Waals surface area contributed by atoms with Gasteiger partial charge < -0.3 is 5.73 Å². The van der Waals surface area contributed by atoms with Crippen LogP contribution < -0.4 is 10.6 Å². The van der Waals surface area contributed by atoms with Gasteiger partial charge in [0.2, 0.25) is 0 Å². The summed E-state index contributed by atoms with van der Waals surface area (Å²) in [5.41, 5.74) is 6.68. The maximum Gasteiger partial charge on any atom is 0.175 e. The molecule has 2 N–H and O–H groups in total. The van der Waals surface area contributed by atoms with Crippen LogP contribution in [-0.2, 0) is 0 Å². The van der Waals surface area contributed by atoms with Crippen molar-refractivity contribution in [2.45, 2.75) is 0 Å². The van der Waals surface area contributed by atoms with Crippen molar-refractivity contribution < 1.29 is 0 Å². The summed E-state index contributed by atoms with van der Waals surface area (Å²) < 4.78 is 0. The topological polar surface area (TPSA) is 29.3 Å².